The van der Waals surface area contributed by atoms with E-state index in [1.807, 2.05) is 41.1 Å². The Morgan fingerprint density at radius 1 is 1.13 bits per heavy atom. The molecule has 0 unspecified atom stereocenters. The largest absolute Gasteiger partial charge is 0.480 e. The van der Waals surface area contributed by atoms with Crippen molar-refractivity contribution >= 4 is 57.7 Å². The first kappa shape index (κ1) is 21.0. The maximum absolute atomic E-state index is 11.5. The molecule has 2 aromatic heterocycles. The number of aliphatic carboxylic acids is 1. The lowest BCUT2D eigenvalue weighted by Gasteiger charge is -2.22. The lowest BCUT2D eigenvalue weighted by molar-refractivity contribution is -0.135. The molecule has 2 heterocycles. The third-order valence-corrected chi connectivity index (χ3v) is 5.74. The molecule has 0 saturated carbocycles. The van der Waals surface area contributed by atoms with Gasteiger partial charge in [0.25, 0.3) is 0 Å². The van der Waals surface area contributed by atoms with Crippen molar-refractivity contribution in [1.82, 2.24) is 14.5 Å². The summed E-state index contributed by atoms with van der Waals surface area (Å²) in [5.74, 6) is -0.391. The first-order chi connectivity index (χ1) is 14.9. The van der Waals surface area contributed by atoms with Crippen molar-refractivity contribution < 1.29 is 9.90 Å². The number of fused-ring (bicyclic) bond motifs is 1. The molecule has 4 aromatic rings. The van der Waals surface area contributed by atoms with Gasteiger partial charge in [-0.25, -0.2) is 9.97 Å². The van der Waals surface area contributed by atoms with Crippen LogP contribution in [0.2, 0.25) is 10.0 Å². The van der Waals surface area contributed by atoms with Gasteiger partial charge in [-0.1, -0.05) is 23.2 Å². The van der Waals surface area contributed by atoms with Crippen molar-refractivity contribution in [2.24, 2.45) is 0 Å². The molecular weight excluding hydrogens is 457 g/mol. The van der Waals surface area contributed by atoms with E-state index in [-0.39, 0.29) is 12.2 Å². The molecule has 0 saturated heterocycles. The second kappa shape index (κ2) is 8.86. The molecule has 0 atom stereocenters. The Morgan fingerprint density at radius 3 is 2.55 bits per heavy atom. The average Bonchev–Trinajstić information content (AvgIpc) is 3.15. The van der Waals surface area contributed by atoms with Crippen molar-refractivity contribution in [3.05, 3.63) is 76.8 Å². The number of halogens is 2. The van der Waals surface area contributed by atoms with Crippen molar-refractivity contribution in [3.8, 4) is 11.9 Å². The first-order valence-electron chi connectivity index (χ1n) is 8.90. The van der Waals surface area contributed by atoms with Gasteiger partial charge in [-0.3, -0.25) is 9.36 Å². The summed E-state index contributed by atoms with van der Waals surface area (Å²) in [5, 5.41) is 20.1. The maximum Gasteiger partial charge on any atom is 0.324 e. The highest BCUT2D eigenvalue weighted by molar-refractivity contribution is 8.00. The van der Waals surface area contributed by atoms with Crippen LogP contribution < -0.4 is 4.31 Å². The molecule has 10 heteroatoms. The molecule has 154 valence electrons. The second-order valence-corrected chi connectivity index (χ2v) is 8.39. The Labute approximate surface area is 191 Å². The van der Waals surface area contributed by atoms with E-state index in [1.54, 1.807) is 22.5 Å². The van der Waals surface area contributed by atoms with Crippen LogP contribution in [0.5, 0.6) is 0 Å². The van der Waals surface area contributed by atoms with Crippen LogP contribution in [0.25, 0.3) is 16.7 Å². The Kier molecular flexibility index (Phi) is 6.00. The monoisotopic (exact) mass is 469 g/mol. The summed E-state index contributed by atoms with van der Waals surface area (Å²) in [6, 6.07) is 14.5. The van der Waals surface area contributed by atoms with Crippen molar-refractivity contribution in [2.75, 3.05) is 10.8 Å². The topological polar surface area (TPSA) is 95.0 Å². The molecule has 7 nitrogen and oxygen atoms in total. The number of anilines is 1. The van der Waals surface area contributed by atoms with Crippen LogP contribution in [-0.2, 0) is 4.79 Å². The quantitative estimate of drug-likeness (QED) is 0.387. The number of benzene rings is 2. The standard InChI is InChI=1S/C21H13Cl2N5O2S/c22-14-6-15(23)8-18(7-14)31-28(12-21(29)30)17-1-2-19-13(5-17)3-4-27(19)20-11-25-16(9-24)10-26-20/h1-8,10-11H,12H2,(H,29,30). The summed E-state index contributed by atoms with van der Waals surface area (Å²) in [6.07, 6.45) is 4.79. The normalized spacial score (nSPS) is 10.7. The van der Waals surface area contributed by atoms with Gasteiger partial charge in [-0.05, 0) is 54.4 Å². The van der Waals surface area contributed by atoms with E-state index < -0.39 is 5.97 Å². The summed E-state index contributed by atoms with van der Waals surface area (Å²) in [4.78, 5) is 20.5. The molecule has 0 radical (unpaired) electrons. The smallest absolute Gasteiger partial charge is 0.324 e. The predicted molar refractivity (Wildman–Crippen MR) is 121 cm³/mol. The first-order valence-corrected chi connectivity index (χ1v) is 10.4. The zero-order valence-corrected chi connectivity index (χ0v) is 18.1. The molecule has 0 amide bonds. The van der Waals surface area contributed by atoms with E-state index in [4.69, 9.17) is 28.5 Å². The molecule has 0 spiro atoms. The third kappa shape index (κ3) is 4.75. The Hall–Kier alpha value is -3.25. The van der Waals surface area contributed by atoms with Gasteiger partial charge in [0.05, 0.1) is 17.9 Å². The minimum atomic E-state index is -0.967. The van der Waals surface area contributed by atoms with Crippen LogP contribution in [-0.4, -0.2) is 32.2 Å². The van der Waals surface area contributed by atoms with E-state index in [0.29, 0.717) is 21.6 Å². The number of carboxylic acid groups (broad SMARTS) is 1. The highest BCUT2D eigenvalue weighted by Gasteiger charge is 2.15. The number of carboxylic acids is 1. The summed E-state index contributed by atoms with van der Waals surface area (Å²) < 4.78 is 3.50. The molecule has 0 aliphatic carbocycles. The fourth-order valence-electron chi connectivity index (χ4n) is 3.00. The SMILES string of the molecule is N#Cc1cnc(-n2ccc3cc(N(CC(=O)O)Sc4cc(Cl)cc(Cl)c4)ccc32)cn1. The number of hydrogen-bond donors (Lipinski definition) is 1. The highest BCUT2D eigenvalue weighted by Crippen LogP contribution is 2.34. The minimum absolute atomic E-state index is 0.220. The van der Waals surface area contributed by atoms with Gasteiger partial charge in [-0.2, -0.15) is 5.26 Å². The third-order valence-electron chi connectivity index (χ3n) is 4.29. The molecular formula is C21H13Cl2N5O2S. The van der Waals surface area contributed by atoms with Gasteiger partial charge in [0.2, 0.25) is 0 Å². The molecule has 4 rings (SSSR count). The van der Waals surface area contributed by atoms with Crippen molar-refractivity contribution in [1.29, 1.82) is 5.26 Å². The molecule has 2 aromatic carbocycles. The van der Waals surface area contributed by atoms with E-state index >= 15 is 0 Å². The Bertz CT molecular complexity index is 1300. The zero-order valence-electron chi connectivity index (χ0n) is 15.7. The zero-order chi connectivity index (χ0) is 22.0. The fourth-order valence-corrected chi connectivity index (χ4v) is 4.66. The van der Waals surface area contributed by atoms with Gasteiger partial charge in [0.15, 0.2) is 11.5 Å². The summed E-state index contributed by atoms with van der Waals surface area (Å²) in [6.45, 7) is -0.220. The molecule has 0 aliphatic heterocycles. The van der Waals surface area contributed by atoms with Crippen LogP contribution in [0.1, 0.15) is 5.69 Å². The minimum Gasteiger partial charge on any atom is -0.480 e. The van der Waals surface area contributed by atoms with Gasteiger partial charge in [-0.15, -0.1) is 0 Å². The second-order valence-electron chi connectivity index (χ2n) is 6.43. The molecule has 0 aliphatic rings. The van der Waals surface area contributed by atoms with Crippen LogP contribution in [0, 0.1) is 11.3 Å². The number of carbonyl (C=O) groups is 1. The van der Waals surface area contributed by atoms with E-state index in [2.05, 4.69) is 9.97 Å². The molecule has 0 bridgehead atoms. The van der Waals surface area contributed by atoms with E-state index in [1.165, 1.54) is 24.3 Å². The van der Waals surface area contributed by atoms with Crippen molar-refractivity contribution in [3.63, 3.8) is 0 Å². The molecule has 1 N–H and O–H groups in total. The van der Waals surface area contributed by atoms with Gasteiger partial charge < -0.3 is 9.41 Å². The Balaban J connectivity index is 1.68. The van der Waals surface area contributed by atoms with Crippen molar-refractivity contribution in [2.45, 2.75) is 4.90 Å². The highest BCUT2D eigenvalue weighted by atomic mass is 35.5. The Morgan fingerprint density at radius 2 is 1.90 bits per heavy atom. The lowest BCUT2D eigenvalue weighted by atomic mass is 10.2. The number of hydrogen-bond acceptors (Lipinski definition) is 6. The number of aromatic nitrogens is 3. The molecule has 31 heavy (non-hydrogen) atoms. The summed E-state index contributed by atoms with van der Waals surface area (Å²) in [5.41, 5.74) is 1.82. The van der Waals surface area contributed by atoms with Crippen LogP contribution in [0.15, 0.2) is 66.0 Å². The van der Waals surface area contributed by atoms with Gasteiger partial charge in [0, 0.05) is 32.2 Å². The summed E-state index contributed by atoms with van der Waals surface area (Å²) >= 11 is 13.4. The fraction of sp³-hybridized carbons (Fsp3) is 0.0476. The predicted octanol–water partition coefficient (Wildman–Crippen LogP) is 5.20. The van der Waals surface area contributed by atoms with Crippen LogP contribution in [0.3, 0.4) is 0 Å². The lowest BCUT2D eigenvalue weighted by Crippen LogP contribution is -2.22. The van der Waals surface area contributed by atoms with E-state index in [0.717, 1.165) is 15.8 Å². The van der Waals surface area contributed by atoms with E-state index in [9.17, 15) is 9.90 Å². The number of rotatable bonds is 6. The number of nitriles is 1. The van der Waals surface area contributed by atoms with Crippen LogP contribution in [0.4, 0.5) is 5.69 Å². The number of nitrogens with zero attached hydrogens (tertiary/aromatic N) is 5. The molecule has 0 fully saturated rings. The maximum atomic E-state index is 11.5. The summed E-state index contributed by atoms with van der Waals surface area (Å²) in [7, 11) is 0. The van der Waals surface area contributed by atoms with Gasteiger partial charge in [0.1, 0.15) is 12.6 Å². The van der Waals surface area contributed by atoms with Crippen LogP contribution >= 0.6 is 35.1 Å². The van der Waals surface area contributed by atoms with Gasteiger partial charge >= 0.3 is 5.97 Å². The average molecular weight is 470 g/mol.